The second-order valence-corrected chi connectivity index (χ2v) is 28.5. The standard InChI is InChI=1S/C71H128N12O16/c1-29-32-33-45(14)60(99-50(19)85)59(64(89)75-52(31-3)71(96)98-35-34-77(21)49(18)84)83(27)70(95)57(44(12)13)81(25)68(93)55(38-42(8)9)80(24)67(92)54(37-41(6)7)79(23)65(90)48(17)74-61(86)47(16)73-62(87)53(36-40(4)5)78(22)69(94)56(43(10)11)76-63(88)58(46(15)39-97-28)82(26)66(91)51(30-2)72-20/h29,32,40-48,51-60,72H,30-31,33-39H2,1-28H3,(H,73,87)(H,74,86)(H,75,89)(H,76,88)/b32-29+/t45-,46-,47+,48-,51+,52+,53+,54+,55+,56+,57+,58+,59+,60-/m1/s1. The molecule has 0 rings (SSSR count). The summed E-state index contributed by atoms with van der Waals surface area (Å²) in [7, 11) is 13.3. The van der Waals surface area contributed by atoms with E-state index in [9.17, 15) is 47.9 Å². The first-order valence-electron chi connectivity index (χ1n) is 35.0. The van der Waals surface area contributed by atoms with Crippen LogP contribution in [-0.4, -0.2) is 267 Å². The van der Waals surface area contributed by atoms with Crippen LogP contribution in [0.3, 0.4) is 0 Å². The number of methoxy groups -OCH3 is 1. The number of esters is 2. The Labute approximate surface area is 591 Å². The number of likely N-dealkylation sites (N-methyl/N-ethyl adjacent to an activating group) is 8. The lowest BCUT2D eigenvalue weighted by atomic mass is 9.91. The predicted molar refractivity (Wildman–Crippen MR) is 379 cm³/mol. The minimum Gasteiger partial charge on any atom is -0.462 e. The molecule has 0 aliphatic carbocycles. The average molecular weight is 1410 g/mol. The molecule has 0 aromatic carbocycles. The van der Waals surface area contributed by atoms with Gasteiger partial charge in [-0.25, -0.2) is 4.79 Å². The van der Waals surface area contributed by atoms with Crippen LogP contribution in [0.5, 0.6) is 0 Å². The zero-order chi connectivity index (χ0) is 77.0. The fourth-order valence-electron chi connectivity index (χ4n) is 11.9. The van der Waals surface area contributed by atoms with Gasteiger partial charge in [-0.05, 0) is 102 Å². The topological polar surface area (TPSA) is 332 Å². The van der Waals surface area contributed by atoms with Crippen molar-refractivity contribution in [1.29, 1.82) is 0 Å². The lowest BCUT2D eigenvalue weighted by molar-refractivity contribution is -0.164. The summed E-state index contributed by atoms with van der Waals surface area (Å²) in [6.45, 7) is 32.3. The van der Waals surface area contributed by atoms with Crippen molar-refractivity contribution in [2.45, 2.75) is 243 Å². The van der Waals surface area contributed by atoms with Crippen molar-refractivity contribution in [1.82, 2.24) is 60.9 Å². The maximum Gasteiger partial charge on any atom is 0.328 e. The molecule has 5 N–H and O–H groups in total. The molecule has 28 nitrogen and oxygen atoms in total. The summed E-state index contributed by atoms with van der Waals surface area (Å²) in [5, 5.41) is 13.9. The first-order valence-corrected chi connectivity index (χ1v) is 35.0. The van der Waals surface area contributed by atoms with Gasteiger partial charge in [-0.1, -0.05) is 109 Å². The number of ether oxygens (including phenoxy) is 3. The Hall–Kier alpha value is -7.23. The Bertz CT molecular complexity index is 2700. The SMILES string of the molecule is C/C=C/C[C@@H](C)[C@@H](OC(C)=O)[C@@H](C(=O)N[C@@H](CC)C(=O)OCCN(C)C(C)=O)N(C)C(=O)[C@H](C(C)C)N(C)C(=O)[C@H](CC(C)C)N(C)C(=O)[C@H](CC(C)C)N(C)C(=O)[C@@H](C)NC(=O)[C@H](C)NC(=O)[C@H](CC(C)C)N(C)C(=O)[C@@H](NC(=O)[C@H]([C@H](C)COC)N(C)C(=O)[C@H](CC)NC)C(C)C. The Morgan fingerprint density at radius 2 is 0.919 bits per heavy atom. The zero-order valence-corrected chi connectivity index (χ0v) is 65.2. The van der Waals surface area contributed by atoms with E-state index in [4.69, 9.17) is 14.2 Å². The first kappa shape index (κ1) is 91.8. The minimum atomic E-state index is -1.56. The normalized spacial score (nSPS) is 15.9. The molecule has 0 heterocycles. The van der Waals surface area contributed by atoms with Crippen molar-refractivity contribution >= 4 is 76.9 Å². The number of nitrogens with one attached hydrogen (secondary N) is 5. The summed E-state index contributed by atoms with van der Waals surface area (Å²) in [5.41, 5.74) is 0. The zero-order valence-electron chi connectivity index (χ0n) is 65.2. The van der Waals surface area contributed by atoms with Crippen molar-refractivity contribution in [3.8, 4) is 0 Å². The molecule has 28 heteroatoms. The Morgan fingerprint density at radius 3 is 1.36 bits per heavy atom. The molecular weight excluding hydrogens is 1280 g/mol. The predicted octanol–water partition coefficient (Wildman–Crippen LogP) is 3.62. The van der Waals surface area contributed by atoms with E-state index in [0.29, 0.717) is 12.8 Å². The van der Waals surface area contributed by atoms with Gasteiger partial charge in [-0.3, -0.25) is 57.5 Å². The lowest BCUT2D eigenvalue weighted by Crippen LogP contribution is -2.63. The third kappa shape index (κ3) is 28.0. The Morgan fingerprint density at radius 1 is 0.465 bits per heavy atom. The van der Waals surface area contributed by atoms with E-state index in [2.05, 4.69) is 26.6 Å². The molecule has 0 bridgehead atoms. The molecule has 0 saturated carbocycles. The molecular formula is C71H128N12O16. The molecule has 0 unspecified atom stereocenters. The second kappa shape index (κ2) is 44.1. The highest BCUT2D eigenvalue weighted by Gasteiger charge is 2.47. The number of hydrogen-bond donors (Lipinski definition) is 5. The number of hydrogen-bond acceptors (Lipinski definition) is 17. The van der Waals surface area contributed by atoms with Gasteiger partial charge in [0.25, 0.3) is 0 Å². The summed E-state index contributed by atoms with van der Waals surface area (Å²) in [5.74, 6) is -10.9. The molecule has 0 aliphatic heterocycles. The molecule has 0 aliphatic rings. The second-order valence-electron chi connectivity index (χ2n) is 28.5. The first-order chi connectivity index (χ1) is 45.9. The van der Waals surface area contributed by atoms with Crippen LogP contribution in [0.1, 0.15) is 170 Å². The average Bonchev–Trinajstić information content (AvgIpc) is 0.802. The van der Waals surface area contributed by atoms with Crippen LogP contribution in [0.15, 0.2) is 12.2 Å². The van der Waals surface area contributed by atoms with Crippen molar-refractivity contribution in [3.05, 3.63) is 12.2 Å². The van der Waals surface area contributed by atoms with E-state index >= 15 is 14.4 Å². The molecule has 0 aromatic heterocycles. The van der Waals surface area contributed by atoms with E-state index in [-0.39, 0.29) is 75.0 Å². The Balaban J connectivity index is 7.19. The van der Waals surface area contributed by atoms with Crippen LogP contribution in [0.25, 0.3) is 0 Å². The third-order valence-corrected chi connectivity index (χ3v) is 18.0. The molecule has 0 saturated heterocycles. The smallest absolute Gasteiger partial charge is 0.328 e. The monoisotopic (exact) mass is 1400 g/mol. The van der Waals surface area contributed by atoms with E-state index < -0.39 is 161 Å². The Kier molecular flexibility index (Phi) is 40.9. The highest BCUT2D eigenvalue weighted by atomic mass is 16.5. The van der Waals surface area contributed by atoms with Gasteiger partial charge < -0.3 is 75.1 Å². The number of amides is 11. The number of nitrogens with zero attached hydrogens (tertiary/aromatic N) is 7. The highest BCUT2D eigenvalue weighted by Crippen LogP contribution is 2.27. The van der Waals surface area contributed by atoms with Gasteiger partial charge in [0.1, 0.15) is 73.1 Å². The molecule has 0 aromatic rings. The maximum absolute atomic E-state index is 15.3. The third-order valence-electron chi connectivity index (χ3n) is 18.0. The highest BCUT2D eigenvalue weighted by molar-refractivity contribution is 5.99. The fourth-order valence-corrected chi connectivity index (χ4v) is 11.9. The van der Waals surface area contributed by atoms with E-state index in [1.807, 2.05) is 54.5 Å². The number of carbonyl (C=O) groups is 13. The van der Waals surface area contributed by atoms with E-state index in [1.54, 1.807) is 75.6 Å². The summed E-state index contributed by atoms with van der Waals surface area (Å²) in [4.78, 5) is 193. The largest absolute Gasteiger partial charge is 0.462 e. The summed E-state index contributed by atoms with van der Waals surface area (Å²) >= 11 is 0. The van der Waals surface area contributed by atoms with E-state index in [0.717, 1.165) is 4.90 Å². The van der Waals surface area contributed by atoms with Crippen molar-refractivity contribution < 1.29 is 76.5 Å². The molecule has 14 atom stereocenters. The van der Waals surface area contributed by atoms with Gasteiger partial charge in [0.2, 0.25) is 65.0 Å². The number of carbonyl (C=O) groups excluding carboxylic acids is 13. The van der Waals surface area contributed by atoms with E-state index in [1.165, 1.54) is 106 Å². The number of rotatable bonds is 43. The maximum atomic E-state index is 15.3. The fraction of sp³-hybridized carbons (Fsp3) is 0.789. The van der Waals surface area contributed by atoms with Crippen LogP contribution in [0, 0.1) is 41.4 Å². The van der Waals surface area contributed by atoms with Crippen molar-refractivity contribution in [2.24, 2.45) is 41.4 Å². The molecule has 568 valence electrons. The summed E-state index contributed by atoms with van der Waals surface area (Å²) in [6.07, 6.45) is 3.54. The quantitative estimate of drug-likeness (QED) is 0.0430. The van der Waals surface area contributed by atoms with Crippen LogP contribution < -0.4 is 26.6 Å². The lowest BCUT2D eigenvalue weighted by Gasteiger charge is -2.42. The van der Waals surface area contributed by atoms with Crippen LogP contribution in [0.4, 0.5) is 0 Å². The van der Waals surface area contributed by atoms with Crippen molar-refractivity contribution in [2.75, 3.05) is 83.2 Å². The van der Waals surface area contributed by atoms with Crippen LogP contribution in [-0.2, 0) is 76.5 Å². The number of allylic oxidation sites excluding steroid dienone is 2. The van der Waals surface area contributed by atoms with Crippen LogP contribution >= 0.6 is 0 Å². The van der Waals surface area contributed by atoms with Gasteiger partial charge in [0.05, 0.1) is 19.2 Å². The molecule has 11 amide bonds. The molecule has 99 heavy (non-hydrogen) atoms. The minimum absolute atomic E-state index is 0.0635. The van der Waals surface area contributed by atoms with Gasteiger partial charge >= 0.3 is 11.9 Å². The summed E-state index contributed by atoms with van der Waals surface area (Å²) in [6, 6.07) is -12.9. The molecule has 0 spiro atoms. The van der Waals surface area contributed by atoms with Gasteiger partial charge in [0, 0.05) is 76.2 Å². The van der Waals surface area contributed by atoms with Gasteiger partial charge in [-0.15, -0.1) is 0 Å². The van der Waals surface area contributed by atoms with Gasteiger partial charge in [0.15, 0.2) is 0 Å². The molecule has 0 radical (unpaired) electrons. The molecule has 0 fully saturated rings. The van der Waals surface area contributed by atoms with Gasteiger partial charge in [-0.2, -0.15) is 0 Å². The summed E-state index contributed by atoms with van der Waals surface area (Å²) < 4.78 is 16.7. The van der Waals surface area contributed by atoms with Crippen molar-refractivity contribution in [3.63, 3.8) is 0 Å². The van der Waals surface area contributed by atoms with Crippen LogP contribution in [0.2, 0.25) is 0 Å².